The van der Waals surface area contributed by atoms with Crippen molar-refractivity contribution in [3.05, 3.63) is 51.7 Å². The highest BCUT2D eigenvalue weighted by atomic mass is 32.1. The predicted octanol–water partition coefficient (Wildman–Crippen LogP) is 3.79. The third-order valence-corrected chi connectivity index (χ3v) is 4.54. The Morgan fingerprint density at radius 3 is 2.81 bits per heavy atom. The molecule has 0 spiro atoms. The molecule has 1 aromatic carbocycles. The topological polar surface area (TPSA) is 36.3 Å². The lowest BCUT2D eigenvalue weighted by atomic mass is 10.1. The zero-order chi connectivity index (χ0) is 14.7. The van der Waals surface area contributed by atoms with E-state index >= 15 is 0 Å². The zero-order valence-electron chi connectivity index (χ0n) is 12.1. The van der Waals surface area contributed by atoms with Crippen LogP contribution in [0.2, 0.25) is 0 Å². The van der Waals surface area contributed by atoms with Gasteiger partial charge in [-0.1, -0.05) is 0 Å². The van der Waals surface area contributed by atoms with E-state index in [2.05, 4.69) is 27.8 Å². The number of hydrogen-bond donors (Lipinski definition) is 0. The van der Waals surface area contributed by atoms with Crippen LogP contribution in [-0.4, -0.2) is 18.1 Å². The molecular weight excluding hydrogens is 280 g/mol. The van der Waals surface area contributed by atoms with Crippen LogP contribution < -0.4 is 4.74 Å². The van der Waals surface area contributed by atoms with E-state index < -0.39 is 0 Å². The molecule has 0 radical (unpaired) electrons. The predicted molar refractivity (Wildman–Crippen MR) is 84.3 cm³/mol. The van der Waals surface area contributed by atoms with E-state index in [1.165, 1.54) is 18.4 Å². The maximum Gasteiger partial charge on any atom is 0.123 e. The first-order chi connectivity index (χ1) is 10.3. The first kappa shape index (κ1) is 14.1. The Bertz CT molecular complexity index is 641. The molecule has 108 valence electrons. The van der Waals surface area contributed by atoms with Gasteiger partial charge in [-0.15, -0.1) is 0 Å². The average molecular weight is 298 g/mol. The number of benzene rings is 1. The number of thiophene rings is 1. The van der Waals surface area contributed by atoms with Gasteiger partial charge >= 0.3 is 0 Å². The Morgan fingerprint density at radius 1 is 1.33 bits per heavy atom. The second kappa shape index (κ2) is 6.30. The SMILES string of the molecule is COc1ccc(C#N)cc1CN(Cc1ccsc1)C1CC1. The molecule has 21 heavy (non-hydrogen) atoms. The van der Waals surface area contributed by atoms with Gasteiger partial charge in [-0.3, -0.25) is 4.90 Å². The van der Waals surface area contributed by atoms with Gasteiger partial charge in [-0.05, 0) is 53.4 Å². The van der Waals surface area contributed by atoms with Crippen LogP contribution in [0, 0.1) is 11.3 Å². The van der Waals surface area contributed by atoms with E-state index in [9.17, 15) is 0 Å². The summed E-state index contributed by atoms with van der Waals surface area (Å²) >= 11 is 1.74. The summed E-state index contributed by atoms with van der Waals surface area (Å²) in [5.41, 5.74) is 3.15. The van der Waals surface area contributed by atoms with Crippen LogP contribution in [0.25, 0.3) is 0 Å². The van der Waals surface area contributed by atoms with E-state index in [1.54, 1.807) is 18.4 Å². The van der Waals surface area contributed by atoms with Crippen LogP contribution in [-0.2, 0) is 13.1 Å². The molecule has 3 rings (SSSR count). The summed E-state index contributed by atoms with van der Waals surface area (Å²) in [6.45, 7) is 1.80. The summed E-state index contributed by atoms with van der Waals surface area (Å²) in [5.74, 6) is 0.866. The molecule has 0 N–H and O–H groups in total. The molecule has 0 saturated heterocycles. The van der Waals surface area contributed by atoms with E-state index in [0.29, 0.717) is 11.6 Å². The molecule has 0 unspecified atom stereocenters. The lowest BCUT2D eigenvalue weighted by molar-refractivity contribution is 0.242. The van der Waals surface area contributed by atoms with Crippen LogP contribution in [0.5, 0.6) is 5.75 Å². The molecule has 4 heteroatoms. The Kier molecular flexibility index (Phi) is 4.23. The molecule has 0 bridgehead atoms. The normalized spacial score (nSPS) is 14.1. The van der Waals surface area contributed by atoms with E-state index in [1.807, 2.05) is 18.2 Å². The maximum atomic E-state index is 9.09. The Balaban J connectivity index is 1.80. The Hall–Kier alpha value is -1.83. The third-order valence-electron chi connectivity index (χ3n) is 3.81. The standard InChI is InChI=1S/C17H18N2OS/c1-20-17-5-2-13(9-18)8-15(17)11-19(16-3-4-16)10-14-6-7-21-12-14/h2,5-8,12,16H,3-4,10-11H2,1H3. The molecular formula is C17H18N2OS. The molecule has 1 saturated carbocycles. The van der Waals surface area contributed by atoms with Crippen LogP contribution in [0.15, 0.2) is 35.0 Å². The molecule has 0 amide bonds. The zero-order valence-corrected chi connectivity index (χ0v) is 12.9. The van der Waals surface area contributed by atoms with Gasteiger partial charge in [0.1, 0.15) is 5.75 Å². The van der Waals surface area contributed by atoms with Crippen molar-refractivity contribution in [3.63, 3.8) is 0 Å². The summed E-state index contributed by atoms with van der Waals surface area (Å²) in [7, 11) is 1.69. The van der Waals surface area contributed by atoms with Crippen molar-refractivity contribution < 1.29 is 4.74 Å². The minimum Gasteiger partial charge on any atom is -0.496 e. The lowest BCUT2D eigenvalue weighted by Crippen LogP contribution is -2.25. The van der Waals surface area contributed by atoms with Gasteiger partial charge in [0, 0.05) is 24.7 Å². The van der Waals surface area contributed by atoms with Gasteiger partial charge in [0.05, 0.1) is 18.7 Å². The van der Waals surface area contributed by atoms with Gasteiger partial charge in [-0.2, -0.15) is 16.6 Å². The van der Waals surface area contributed by atoms with Crippen molar-refractivity contribution in [1.82, 2.24) is 4.90 Å². The maximum absolute atomic E-state index is 9.09. The monoisotopic (exact) mass is 298 g/mol. The van der Waals surface area contributed by atoms with Crippen molar-refractivity contribution in [2.75, 3.05) is 7.11 Å². The fraction of sp³-hybridized carbons (Fsp3) is 0.353. The smallest absolute Gasteiger partial charge is 0.123 e. The highest BCUT2D eigenvalue weighted by molar-refractivity contribution is 7.07. The van der Waals surface area contributed by atoms with Crippen molar-refractivity contribution in [1.29, 1.82) is 5.26 Å². The summed E-state index contributed by atoms with van der Waals surface area (Å²) in [6, 6.07) is 10.7. The highest BCUT2D eigenvalue weighted by Crippen LogP contribution is 2.32. The van der Waals surface area contributed by atoms with Gasteiger partial charge in [0.2, 0.25) is 0 Å². The molecule has 1 aromatic heterocycles. The third kappa shape index (κ3) is 3.44. The van der Waals surface area contributed by atoms with Gasteiger partial charge < -0.3 is 4.74 Å². The second-order valence-corrected chi connectivity index (χ2v) is 6.19. The van der Waals surface area contributed by atoms with Crippen molar-refractivity contribution in [3.8, 4) is 11.8 Å². The fourth-order valence-corrected chi connectivity index (χ4v) is 3.22. The molecule has 1 aliphatic carbocycles. The lowest BCUT2D eigenvalue weighted by Gasteiger charge is -2.22. The molecule has 0 aliphatic heterocycles. The van der Waals surface area contributed by atoms with Crippen LogP contribution in [0.3, 0.4) is 0 Å². The quantitative estimate of drug-likeness (QED) is 0.814. The van der Waals surface area contributed by atoms with Crippen LogP contribution in [0.1, 0.15) is 29.5 Å². The van der Waals surface area contributed by atoms with Gasteiger partial charge in [0.25, 0.3) is 0 Å². The van der Waals surface area contributed by atoms with Crippen LogP contribution in [0.4, 0.5) is 0 Å². The molecule has 3 nitrogen and oxygen atoms in total. The first-order valence-corrected chi connectivity index (χ1v) is 8.06. The molecule has 0 atom stereocenters. The minimum absolute atomic E-state index is 0.667. The fourth-order valence-electron chi connectivity index (χ4n) is 2.56. The van der Waals surface area contributed by atoms with Crippen molar-refractivity contribution >= 4 is 11.3 Å². The number of nitrogens with zero attached hydrogens (tertiary/aromatic N) is 2. The average Bonchev–Trinajstić information content (AvgIpc) is 3.24. The van der Waals surface area contributed by atoms with Gasteiger partial charge in [-0.25, -0.2) is 0 Å². The highest BCUT2D eigenvalue weighted by Gasteiger charge is 2.29. The Labute approximate surface area is 129 Å². The van der Waals surface area contributed by atoms with Crippen molar-refractivity contribution in [2.45, 2.75) is 32.0 Å². The van der Waals surface area contributed by atoms with E-state index in [0.717, 1.165) is 24.4 Å². The summed E-state index contributed by atoms with van der Waals surface area (Å²) in [6.07, 6.45) is 2.54. The molecule has 2 aromatic rings. The summed E-state index contributed by atoms with van der Waals surface area (Å²) in [5, 5.41) is 13.4. The molecule has 1 aliphatic rings. The van der Waals surface area contributed by atoms with Gasteiger partial charge in [0.15, 0.2) is 0 Å². The van der Waals surface area contributed by atoms with E-state index in [4.69, 9.17) is 10.00 Å². The largest absolute Gasteiger partial charge is 0.496 e. The summed E-state index contributed by atoms with van der Waals surface area (Å²) < 4.78 is 5.45. The van der Waals surface area contributed by atoms with Crippen molar-refractivity contribution in [2.24, 2.45) is 0 Å². The Morgan fingerprint density at radius 2 is 2.19 bits per heavy atom. The number of methoxy groups -OCH3 is 1. The minimum atomic E-state index is 0.667. The number of hydrogen-bond acceptors (Lipinski definition) is 4. The number of rotatable bonds is 6. The van der Waals surface area contributed by atoms with Crippen LogP contribution >= 0.6 is 11.3 Å². The number of ether oxygens (including phenoxy) is 1. The summed E-state index contributed by atoms with van der Waals surface area (Å²) in [4.78, 5) is 2.49. The number of nitriles is 1. The first-order valence-electron chi connectivity index (χ1n) is 7.12. The molecule has 1 fully saturated rings. The second-order valence-electron chi connectivity index (χ2n) is 5.41. The molecule has 1 heterocycles. The van der Waals surface area contributed by atoms with E-state index in [-0.39, 0.29) is 0 Å².